The quantitative estimate of drug-likeness (QED) is 0.853. The van der Waals surface area contributed by atoms with E-state index in [1.54, 1.807) is 11.3 Å². The van der Waals surface area contributed by atoms with Crippen molar-refractivity contribution in [3.63, 3.8) is 0 Å². The topological polar surface area (TPSA) is 29.1 Å². The lowest BCUT2D eigenvalue weighted by Crippen LogP contribution is -2.34. The van der Waals surface area contributed by atoms with Gasteiger partial charge in [0.05, 0.1) is 0 Å². The van der Waals surface area contributed by atoms with Crippen LogP contribution in [0.2, 0.25) is 0 Å². The lowest BCUT2D eigenvalue weighted by Gasteiger charge is -2.22. The maximum absolute atomic E-state index is 11.7. The van der Waals surface area contributed by atoms with Crippen LogP contribution in [0.15, 0.2) is 16.8 Å². The Balaban J connectivity index is 1.67. The Morgan fingerprint density at radius 1 is 1.50 bits per heavy atom. The van der Waals surface area contributed by atoms with E-state index in [9.17, 15) is 4.79 Å². The van der Waals surface area contributed by atoms with E-state index < -0.39 is 0 Å². The standard InChI is InChI=1S/C13H19NOS/c15-13(9-11-6-8-16-10-11)5-4-12-3-1-2-7-14-12/h6,8,10,12,14H,1-5,7,9H2. The van der Waals surface area contributed by atoms with Gasteiger partial charge in [0.15, 0.2) is 0 Å². The minimum absolute atomic E-state index is 0.380. The number of carbonyl (C=O) groups is 1. The van der Waals surface area contributed by atoms with Crippen molar-refractivity contribution in [2.45, 2.75) is 44.6 Å². The monoisotopic (exact) mass is 237 g/mol. The van der Waals surface area contributed by atoms with E-state index >= 15 is 0 Å². The molecular formula is C13H19NOS. The molecule has 0 aromatic carbocycles. The summed E-state index contributed by atoms with van der Waals surface area (Å²) in [5, 5.41) is 7.58. The molecule has 1 fully saturated rings. The molecule has 88 valence electrons. The molecule has 2 rings (SSSR count). The first kappa shape index (κ1) is 11.8. The van der Waals surface area contributed by atoms with Gasteiger partial charge in [-0.2, -0.15) is 11.3 Å². The van der Waals surface area contributed by atoms with Crippen LogP contribution >= 0.6 is 11.3 Å². The molecule has 0 radical (unpaired) electrons. The molecule has 1 N–H and O–H groups in total. The van der Waals surface area contributed by atoms with Gasteiger partial charge in [-0.3, -0.25) is 4.79 Å². The number of ketones is 1. The molecule has 1 aromatic rings. The first-order valence-electron chi connectivity index (χ1n) is 6.11. The molecule has 1 aliphatic heterocycles. The Morgan fingerprint density at radius 2 is 2.44 bits per heavy atom. The normalized spacial score (nSPS) is 20.9. The van der Waals surface area contributed by atoms with Crippen LogP contribution in [-0.4, -0.2) is 18.4 Å². The van der Waals surface area contributed by atoms with Crippen molar-refractivity contribution in [1.82, 2.24) is 5.32 Å². The molecule has 1 unspecified atom stereocenters. The zero-order valence-corrected chi connectivity index (χ0v) is 10.4. The highest BCUT2D eigenvalue weighted by Gasteiger charge is 2.14. The fourth-order valence-corrected chi connectivity index (χ4v) is 2.88. The second kappa shape index (κ2) is 6.16. The van der Waals surface area contributed by atoms with E-state index in [0.29, 0.717) is 18.2 Å². The van der Waals surface area contributed by atoms with E-state index in [1.165, 1.54) is 24.8 Å². The van der Waals surface area contributed by atoms with Gasteiger partial charge in [-0.05, 0) is 48.2 Å². The first-order chi connectivity index (χ1) is 7.84. The lowest BCUT2D eigenvalue weighted by molar-refractivity contribution is -0.118. The molecule has 1 aliphatic rings. The number of piperidine rings is 1. The van der Waals surface area contributed by atoms with Gasteiger partial charge < -0.3 is 5.32 Å². The highest BCUT2D eigenvalue weighted by atomic mass is 32.1. The van der Waals surface area contributed by atoms with Crippen molar-refractivity contribution < 1.29 is 4.79 Å². The Kier molecular flexibility index (Phi) is 4.55. The number of Topliss-reactive ketones (excluding diaryl/α,β-unsaturated/α-hetero) is 1. The SMILES string of the molecule is O=C(CCC1CCCCN1)Cc1ccsc1. The average molecular weight is 237 g/mol. The van der Waals surface area contributed by atoms with Gasteiger partial charge in [-0.25, -0.2) is 0 Å². The Hall–Kier alpha value is -0.670. The van der Waals surface area contributed by atoms with Crippen molar-refractivity contribution in [2.75, 3.05) is 6.54 Å². The molecule has 0 saturated carbocycles. The summed E-state index contributed by atoms with van der Waals surface area (Å²) < 4.78 is 0. The molecule has 0 spiro atoms. The molecular weight excluding hydrogens is 218 g/mol. The predicted molar refractivity (Wildman–Crippen MR) is 67.9 cm³/mol. The first-order valence-corrected chi connectivity index (χ1v) is 7.05. The molecule has 0 amide bonds. The number of hydrogen-bond donors (Lipinski definition) is 1. The van der Waals surface area contributed by atoms with Crippen LogP contribution in [0.25, 0.3) is 0 Å². The number of carbonyl (C=O) groups excluding carboxylic acids is 1. The fraction of sp³-hybridized carbons (Fsp3) is 0.615. The van der Waals surface area contributed by atoms with Crippen molar-refractivity contribution >= 4 is 17.1 Å². The summed E-state index contributed by atoms with van der Waals surface area (Å²) in [7, 11) is 0. The van der Waals surface area contributed by atoms with Crippen LogP contribution in [-0.2, 0) is 11.2 Å². The predicted octanol–water partition coefficient (Wildman–Crippen LogP) is 2.78. The van der Waals surface area contributed by atoms with Crippen LogP contribution in [0, 0.1) is 0 Å². The van der Waals surface area contributed by atoms with Gasteiger partial charge >= 0.3 is 0 Å². The molecule has 2 heterocycles. The Bertz CT molecular complexity index is 315. The van der Waals surface area contributed by atoms with E-state index in [0.717, 1.165) is 19.4 Å². The van der Waals surface area contributed by atoms with Gasteiger partial charge in [0.2, 0.25) is 0 Å². The average Bonchev–Trinajstić information content (AvgIpc) is 2.81. The van der Waals surface area contributed by atoms with Gasteiger partial charge in [-0.15, -0.1) is 0 Å². The zero-order chi connectivity index (χ0) is 11.2. The van der Waals surface area contributed by atoms with Crippen LogP contribution in [0.1, 0.15) is 37.7 Å². The van der Waals surface area contributed by atoms with Crippen LogP contribution < -0.4 is 5.32 Å². The number of rotatable bonds is 5. The summed E-state index contributed by atoms with van der Waals surface area (Å²) in [6, 6.07) is 2.63. The third kappa shape index (κ3) is 3.72. The van der Waals surface area contributed by atoms with Gasteiger partial charge in [0.25, 0.3) is 0 Å². The smallest absolute Gasteiger partial charge is 0.137 e. The van der Waals surface area contributed by atoms with Crippen LogP contribution in [0.3, 0.4) is 0 Å². The van der Waals surface area contributed by atoms with E-state index in [1.807, 2.05) is 11.4 Å². The molecule has 0 bridgehead atoms. The fourth-order valence-electron chi connectivity index (χ4n) is 2.21. The maximum Gasteiger partial charge on any atom is 0.137 e. The third-order valence-corrected chi connectivity index (χ3v) is 3.90. The summed E-state index contributed by atoms with van der Waals surface area (Å²) in [6.45, 7) is 1.13. The van der Waals surface area contributed by atoms with E-state index in [4.69, 9.17) is 0 Å². The number of thiophene rings is 1. The summed E-state index contributed by atoms with van der Waals surface area (Å²) in [5.74, 6) is 0.380. The summed E-state index contributed by atoms with van der Waals surface area (Å²) in [5.41, 5.74) is 1.17. The van der Waals surface area contributed by atoms with Crippen LogP contribution in [0.4, 0.5) is 0 Å². The summed E-state index contributed by atoms with van der Waals surface area (Å²) >= 11 is 1.66. The largest absolute Gasteiger partial charge is 0.314 e. The summed E-state index contributed by atoms with van der Waals surface area (Å²) in [6.07, 6.45) is 6.22. The molecule has 16 heavy (non-hydrogen) atoms. The molecule has 2 nitrogen and oxygen atoms in total. The Morgan fingerprint density at radius 3 is 3.12 bits per heavy atom. The van der Waals surface area contributed by atoms with E-state index in [2.05, 4.69) is 10.7 Å². The molecule has 1 aromatic heterocycles. The van der Waals surface area contributed by atoms with Gasteiger partial charge in [0.1, 0.15) is 5.78 Å². The highest BCUT2D eigenvalue weighted by molar-refractivity contribution is 7.07. The number of nitrogens with one attached hydrogen (secondary N) is 1. The third-order valence-electron chi connectivity index (χ3n) is 3.17. The second-order valence-corrected chi connectivity index (χ2v) is 5.31. The van der Waals surface area contributed by atoms with E-state index in [-0.39, 0.29) is 0 Å². The molecule has 0 aliphatic carbocycles. The van der Waals surface area contributed by atoms with Crippen molar-refractivity contribution in [3.05, 3.63) is 22.4 Å². The second-order valence-electron chi connectivity index (χ2n) is 4.53. The maximum atomic E-state index is 11.7. The van der Waals surface area contributed by atoms with Crippen molar-refractivity contribution in [1.29, 1.82) is 0 Å². The van der Waals surface area contributed by atoms with Gasteiger partial charge in [-0.1, -0.05) is 6.42 Å². The molecule has 1 saturated heterocycles. The Labute approximate surface area is 101 Å². The van der Waals surface area contributed by atoms with Gasteiger partial charge in [0, 0.05) is 18.9 Å². The zero-order valence-electron chi connectivity index (χ0n) is 9.58. The molecule has 1 atom stereocenters. The van der Waals surface area contributed by atoms with Crippen molar-refractivity contribution in [3.8, 4) is 0 Å². The number of hydrogen-bond acceptors (Lipinski definition) is 3. The molecule has 3 heteroatoms. The highest BCUT2D eigenvalue weighted by Crippen LogP contribution is 2.13. The lowest BCUT2D eigenvalue weighted by atomic mass is 9.98. The summed E-state index contributed by atoms with van der Waals surface area (Å²) in [4.78, 5) is 11.7. The minimum Gasteiger partial charge on any atom is -0.314 e. The van der Waals surface area contributed by atoms with Crippen molar-refractivity contribution in [2.24, 2.45) is 0 Å². The minimum atomic E-state index is 0.380. The van der Waals surface area contributed by atoms with Crippen LogP contribution in [0.5, 0.6) is 0 Å².